The summed E-state index contributed by atoms with van der Waals surface area (Å²) in [6, 6.07) is 24.8. The zero-order valence-corrected chi connectivity index (χ0v) is 13.7. The molecule has 3 aromatic carbocycles. The van der Waals surface area contributed by atoms with E-state index >= 15 is 0 Å². The molecule has 23 heavy (non-hydrogen) atoms. The molecule has 0 atom stereocenters. The van der Waals surface area contributed by atoms with Gasteiger partial charge in [0.1, 0.15) is 0 Å². The van der Waals surface area contributed by atoms with E-state index in [-0.39, 0.29) is 5.91 Å². The summed E-state index contributed by atoms with van der Waals surface area (Å²) in [6.07, 6.45) is 0. The van der Waals surface area contributed by atoms with Crippen LogP contribution in [0.3, 0.4) is 0 Å². The molecule has 0 aliphatic rings. The Morgan fingerprint density at radius 1 is 0.826 bits per heavy atom. The number of fused-ring (bicyclic) bond motifs is 1. The first-order valence-corrected chi connectivity index (χ1v) is 8.83. The van der Waals surface area contributed by atoms with Gasteiger partial charge < -0.3 is 5.32 Å². The molecule has 3 aromatic rings. The van der Waals surface area contributed by atoms with Crippen LogP contribution < -0.4 is 5.32 Å². The van der Waals surface area contributed by atoms with E-state index in [2.05, 4.69) is 47.8 Å². The minimum Gasteiger partial charge on any atom is -0.351 e. The number of carbonyl (C=O) groups is 1. The Bertz CT molecular complexity index is 786. The summed E-state index contributed by atoms with van der Waals surface area (Å²) in [6.45, 7) is 0.579. The lowest BCUT2D eigenvalue weighted by molar-refractivity contribution is -0.118. The molecular formula is C20H19NOS. The van der Waals surface area contributed by atoms with Crippen molar-refractivity contribution in [2.24, 2.45) is 0 Å². The number of benzene rings is 3. The Hall–Kier alpha value is -2.26. The van der Waals surface area contributed by atoms with Crippen molar-refractivity contribution in [2.75, 3.05) is 5.75 Å². The molecule has 0 saturated carbocycles. The summed E-state index contributed by atoms with van der Waals surface area (Å²) >= 11 is 1.64. The number of nitrogens with one attached hydrogen (secondary N) is 1. The maximum absolute atomic E-state index is 11.9. The van der Waals surface area contributed by atoms with Crippen molar-refractivity contribution in [3.63, 3.8) is 0 Å². The van der Waals surface area contributed by atoms with Crippen LogP contribution in [0, 0.1) is 0 Å². The van der Waals surface area contributed by atoms with E-state index in [1.807, 2.05) is 30.3 Å². The van der Waals surface area contributed by atoms with Gasteiger partial charge >= 0.3 is 0 Å². The summed E-state index contributed by atoms with van der Waals surface area (Å²) in [4.78, 5) is 11.9. The second-order valence-corrected chi connectivity index (χ2v) is 6.42. The number of hydrogen-bond acceptors (Lipinski definition) is 2. The largest absolute Gasteiger partial charge is 0.351 e. The molecular weight excluding hydrogens is 302 g/mol. The topological polar surface area (TPSA) is 29.1 Å². The standard InChI is InChI=1S/C20H19NOS/c22-20(15-23-14-16-6-2-1-3-7-16)21-13-17-10-11-18-8-4-5-9-19(18)12-17/h1-12H,13-15H2,(H,21,22). The van der Waals surface area contributed by atoms with Crippen LogP contribution in [0.1, 0.15) is 11.1 Å². The normalized spacial score (nSPS) is 10.6. The third kappa shape index (κ3) is 4.60. The van der Waals surface area contributed by atoms with Crippen molar-refractivity contribution in [3.05, 3.63) is 83.9 Å². The van der Waals surface area contributed by atoms with E-state index in [1.165, 1.54) is 16.3 Å². The first-order valence-electron chi connectivity index (χ1n) is 7.67. The van der Waals surface area contributed by atoms with Gasteiger partial charge in [0.2, 0.25) is 5.91 Å². The lowest BCUT2D eigenvalue weighted by atomic mass is 10.1. The lowest BCUT2D eigenvalue weighted by Gasteiger charge is -2.07. The fraction of sp³-hybridized carbons (Fsp3) is 0.150. The minimum absolute atomic E-state index is 0.0825. The molecule has 0 spiro atoms. The molecule has 0 aliphatic carbocycles. The van der Waals surface area contributed by atoms with Crippen molar-refractivity contribution in [2.45, 2.75) is 12.3 Å². The Balaban J connectivity index is 1.46. The number of thioether (sulfide) groups is 1. The SMILES string of the molecule is O=C(CSCc1ccccc1)NCc1ccc2ccccc2c1. The van der Waals surface area contributed by atoms with E-state index in [1.54, 1.807) is 11.8 Å². The molecule has 2 nitrogen and oxygen atoms in total. The van der Waals surface area contributed by atoms with E-state index in [9.17, 15) is 4.79 Å². The Labute approximate surface area is 140 Å². The Morgan fingerprint density at radius 3 is 2.39 bits per heavy atom. The van der Waals surface area contributed by atoms with Gasteiger partial charge in [0.05, 0.1) is 5.75 Å². The van der Waals surface area contributed by atoms with Crippen LogP contribution in [0.5, 0.6) is 0 Å². The fourth-order valence-electron chi connectivity index (χ4n) is 2.44. The smallest absolute Gasteiger partial charge is 0.230 e. The first kappa shape index (κ1) is 15.6. The second kappa shape index (κ2) is 7.84. The molecule has 1 amide bonds. The highest BCUT2D eigenvalue weighted by atomic mass is 32.2. The molecule has 116 valence electrons. The molecule has 3 heteroatoms. The Kier molecular flexibility index (Phi) is 5.33. The van der Waals surface area contributed by atoms with Gasteiger partial charge in [-0.3, -0.25) is 4.79 Å². The zero-order valence-electron chi connectivity index (χ0n) is 12.9. The van der Waals surface area contributed by atoms with Gasteiger partial charge in [0, 0.05) is 12.3 Å². The number of rotatable bonds is 6. The van der Waals surface area contributed by atoms with Crippen LogP contribution in [0.25, 0.3) is 10.8 Å². The van der Waals surface area contributed by atoms with Crippen molar-refractivity contribution < 1.29 is 4.79 Å². The predicted molar refractivity (Wildman–Crippen MR) is 98.4 cm³/mol. The fourth-order valence-corrected chi connectivity index (χ4v) is 3.25. The Morgan fingerprint density at radius 2 is 1.57 bits per heavy atom. The molecule has 3 rings (SSSR count). The molecule has 0 heterocycles. The summed E-state index contributed by atoms with van der Waals surface area (Å²) in [5, 5.41) is 5.42. The number of amides is 1. The highest BCUT2D eigenvalue weighted by molar-refractivity contribution is 7.99. The van der Waals surface area contributed by atoms with Gasteiger partial charge in [-0.05, 0) is 28.0 Å². The lowest BCUT2D eigenvalue weighted by Crippen LogP contribution is -2.24. The predicted octanol–water partition coefficient (Wildman–Crippen LogP) is 4.39. The maximum Gasteiger partial charge on any atom is 0.230 e. The van der Waals surface area contributed by atoms with Crippen molar-refractivity contribution in [1.29, 1.82) is 0 Å². The quantitative estimate of drug-likeness (QED) is 0.729. The van der Waals surface area contributed by atoms with Gasteiger partial charge in [-0.15, -0.1) is 11.8 Å². The van der Waals surface area contributed by atoms with E-state index in [0.717, 1.165) is 11.3 Å². The molecule has 0 unspecified atom stereocenters. The zero-order chi connectivity index (χ0) is 15.9. The average Bonchev–Trinajstić information content (AvgIpc) is 2.61. The second-order valence-electron chi connectivity index (χ2n) is 5.44. The van der Waals surface area contributed by atoms with Gasteiger partial charge in [-0.2, -0.15) is 0 Å². The average molecular weight is 321 g/mol. The molecule has 0 saturated heterocycles. The first-order chi connectivity index (χ1) is 11.3. The molecule has 1 N–H and O–H groups in total. The van der Waals surface area contributed by atoms with Crippen molar-refractivity contribution in [1.82, 2.24) is 5.32 Å². The monoisotopic (exact) mass is 321 g/mol. The van der Waals surface area contributed by atoms with Gasteiger partial charge in [0.25, 0.3) is 0 Å². The third-order valence-electron chi connectivity index (χ3n) is 3.65. The molecule has 0 fully saturated rings. The van der Waals surface area contributed by atoms with Gasteiger partial charge in [-0.25, -0.2) is 0 Å². The molecule has 0 radical (unpaired) electrons. The maximum atomic E-state index is 11.9. The van der Waals surface area contributed by atoms with Gasteiger partial charge in [-0.1, -0.05) is 66.7 Å². The van der Waals surface area contributed by atoms with E-state index < -0.39 is 0 Å². The van der Waals surface area contributed by atoms with Crippen molar-refractivity contribution in [3.8, 4) is 0 Å². The number of hydrogen-bond donors (Lipinski definition) is 1. The summed E-state index contributed by atoms with van der Waals surface area (Å²) in [5.41, 5.74) is 2.38. The summed E-state index contributed by atoms with van der Waals surface area (Å²) in [5.74, 6) is 1.44. The highest BCUT2D eigenvalue weighted by Crippen LogP contribution is 2.15. The highest BCUT2D eigenvalue weighted by Gasteiger charge is 2.03. The van der Waals surface area contributed by atoms with Gasteiger partial charge in [0.15, 0.2) is 0 Å². The molecule has 0 bridgehead atoms. The molecule has 0 aliphatic heterocycles. The third-order valence-corrected chi connectivity index (χ3v) is 4.65. The number of carbonyl (C=O) groups excluding carboxylic acids is 1. The van der Waals surface area contributed by atoms with E-state index in [0.29, 0.717) is 12.3 Å². The van der Waals surface area contributed by atoms with Crippen LogP contribution in [0.2, 0.25) is 0 Å². The summed E-state index contributed by atoms with van der Waals surface area (Å²) < 4.78 is 0. The minimum atomic E-state index is 0.0825. The van der Waals surface area contributed by atoms with Crippen LogP contribution >= 0.6 is 11.8 Å². The van der Waals surface area contributed by atoms with Crippen LogP contribution in [-0.2, 0) is 17.1 Å². The summed E-state index contributed by atoms with van der Waals surface area (Å²) in [7, 11) is 0. The van der Waals surface area contributed by atoms with Crippen LogP contribution in [0.4, 0.5) is 0 Å². The molecule has 0 aromatic heterocycles. The van der Waals surface area contributed by atoms with Crippen molar-refractivity contribution >= 4 is 28.4 Å². The van der Waals surface area contributed by atoms with E-state index in [4.69, 9.17) is 0 Å². The van der Waals surface area contributed by atoms with Crippen LogP contribution in [0.15, 0.2) is 72.8 Å². The van der Waals surface area contributed by atoms with Crippen LogP contribution in [-0.4, -0.2) is 11.7 Å².